The smallest absolute Gasteiger partial charge is 0.276 e. The second kappa shape index (κ2) is 9.79. The van der Waals surface area contributed by atoms with Crippen LogP contribution in [0.1, 0.15) is 32.1 Å². The SMILES string of the molecule is O=C(COc1ccc(Cl)cc1Cl)NNC(=S)NC(=O)C1CCCCC1. The normalized spacial score (nSPS) is 14.5. The third-order valence-electron chi connectivity index (χ3n) is 3.78. The highest BCUT2D eigenvalue weighted by Gasteiger charge is 2.21. The summed E-state index contributed by atoms with van der Waals surface area (Å²) in [5, 5.41) is 3.42. The molecule has 1 saturated carbocycles. The fourth-order valence-corrected chi connectivity index (χ4v) is 3.12. The Morgan fingerprint density at radius 3 is 2.56 bits per heavy atom. The summed E-state index contributed by atoms with van der Waals surface area (Å²) in [6.45, 7) is -0.270. The van der Waals surface area contributed by atoms with Gasteiger partial charge in [0.15, 0.2) is 11.7 Å². The molecule has 1 aromatic carbocycles. The van der Waals surface area contributed by atoms with Crippen molar-refractivity contribution >= 4 is 52.3 Å². The number of ether oxygens (including phenoxy) is 1. The van der Waals surface area contributed by atoms with Crippen molar-refractivity contribution in [3.63, 3.8) is 0 Å². The van der Waals surface area contributed by atoms with E-state index in [1.165, 1.54) is 12.5 Å². The summed E-state index contributed by atoms with van der Waals surface area (Å²) in [6, 6.07) is 4.69. The number of hydrogen-bond donors (Lipinski definition) is 3. The lowest BCUT2D eigenvalue weighted by Crippen LogP contribution is -2.50. The molecule has 6 nitrogen and oxygen atoms in total. The lowest BCUT2D eigenvalue weighted by Gasteiger charge is -2.21. The van der Waals surface area contributed by atoms with E-state index < -0.39 is 5.91 Å². The van der Waals surface area contributed by atoms with E-state index in [4.69, 9.17) is 40.2 Å². The van der Waals surface area contributed by atoms with Gasteiger partial charge < -0.3 is 10.1 Å². The maximum Gasteiger partial charge on any atom is 0.276 e. The van der Waals surface area contributed by atoms with E-state index in [0.717, 1.165) is 25.7 Å². The first-order chi connectivity index (χ1) is 12.0. The highest BCUT2D eigenvalue weighted by molar-refractivity contribution is 7.80. The molecule has 0 saturated heterocycles. The first-order valence-electron chi connectivity index (χ1n) is 7.93. The number of nitrogens with one attached hydrogen (secondary N) is 3. The maximum atomic E-state index is 12.0. The van der Waals surface area contributed by atoms with Gasteiger partial charge in [-0.3, -0.25) is 20.4 Å². The fourth-order valence-electron chi connectivity index (χ4n) is 2.51. The highest BCUT2D eigenvalue weighted by atomic mass is 35.5. The molecule has 25 heavy (non-hydrogen) atoms. The molecule has 136 valence electrons. The quantitative estimate of drug-likeness (QED) is 0.531. The Kier molecular flexibility index (Phi) is 7.74. The fraction of sp³-hybridized carbons (Fsp3) is 0.438. The summed E-state index contributed by atoms with van der Waals surface area (Å²) >= 11 is 16.7. The Morgan fingerprint density at radius 2 is 1.88 bits per heavy atom. The van der Waals surface area contributed by atoms with Crippen LogP contribution in [0, 0.1) is 5.92 Å². The van der Waals surface area contributed by atoms with Crippen molar-refractivity contribution in [2.75, 3.05) is 6.61 Å². The van der Waals surface area contributed by atoms with Gasteiger partial charge >= 0.3 is 0 Å². The largest absolute Gasteiger partial charge is 0.482 e. The molecule has 1 aromatic rings. The van der Waals surface area contributed by atoms with Gasteiger partial charge in [0, 0.05) is 10.9 Å². The zero-order valence-electron chi connectivity index (χ0n) is 13.4. The Labute approximate surface area is 161 Å². The van der Waals surface area contributed by atoms with Gasteiger partial charge in [0.25, 0.3) is 5.91 Å². The van der Waals surface area contributed by atoms with E-state index in [1.807, 2.05) is 0 Å². The molecule has 0 bridgehead atoms. The van der Waals surface area contributed by atoms with Crippen LogP contribution < -0.4 is 20.9 Å². The summed E-state index contributed by atoms with van der Waals surface area (Å²) in [4.78, 5) is 23.8. The summed E-state index contributed by atoms with van der Waals surface area (Å²) in [7, 11) is 0. The molecular weight excluding hydrogens is 385 g/mol. The number of benzene rings is 1. The summed E-state index contributed by atoms with van der Waals surface area (Å²) in [5.41, 5.74) is 4.83. The number of rotatable bonds is 4. The van der Waals surface area contributed by atoms with Crippen LogP contribution in [-0.4, -0.2) is 23.5 Å². The zero-order valence-corrected chi connectivity index (χ0v) is 15.8. The number of carbonyl (C=O) groups is 2. The monoisotopic (exact) mass is 403 g/mol. The van der Waals surface area contributed by atoms with E-state index in [-0.39, 0.29) is 23.5 Å². The van der Waals surface area contributed by atoms with Gasteiger partial charge in [-0.05, 0) is 43.3 Å². The zero-order chi connectivity index (χ0) is 18.2. The summed E-state index contributed by atoms with van der Waals surface area (Å²) < 4.78 is 5.29. The van der Waals surface area contributed by atoms with Crippen LogP contribution in [0.25, 0.3) is 0 Å². The van der Waals surface area contributed by atoms with Crippen molar-refractivity contribution in [2.45, 2.75) is 32.1 Å². The minimum atomic E-state index is -0.472. The van der Waals surface area contributed by atoms with E-state index >= 15 is 0 Å². The van der Waals surface area contributed by atoms with Crippen LogP contribution in [0.4, 0.5) is 0 Å². The van der Waals surface area contributed by atoms with Gasteiger partial charge in [0.2, 0.25) is 5.91 Å². The molecule has 0 radical (unpaired) electrons. The Bertz CT molecular complexity index is 652. The van der Waals surface area contributed by atoms with E-state index in [2.05, 4.69) is 16.2 Å². The van der Waals surface area contributed by atoms with Gasteiger partial charge in [0.1, 0.15) is 5.75 Å². The third-order valence-corrected chi connectivity index (χ3v) is 4.52. The second-order valence-electron chi connectivity index (χ2n) is 5.69. The lowest BCUT2D eigenvalue weighted by atomic mass is 9.89. The topological polar surface area (TPSA) is 79.5 Å². The molecular formula is C16H19Cl2N3O3S. The van der Waals surface area contributed by atoms with Crippen LogP contribution in [0.3, 0.4) is 0 Å². The van der Waals surface area contributed by atoms with Crippen LogP contribution in [0.15, 0.2) is 18.2 Å². The van der Waals surface area contributed by atoms with Crippen LogP contribution >= 0.6 is 35.4 Å². The van der Waals surface area contributed by atoms with Gasteiger partial charge in [-0.15, -0.1) is 0 Å². The minimum Gasteiger partial charge on any atom is -0.482 e. The van der Waals surface area contributed by atoms with Gasteiger partial charge in [-0.1, -0.05) is 42.5 Å². The molecule has 1 aliphatic carbocycles. The molecule has 0 aromatic heterocycles. The van der Waals surface area contributed by atoms with Crippen molar-refractivity contribution in [1.82, 2.24) is 16.2 Å². The van der Waals surface area contributed by atoms with Crippen molar-refractivity contribution < 1.29 is 14.3 Å². The molecule has 0 unspecified atom stereocenters. The first-order valence-corrected chi connectivity index (χ1v) is 9.09. The van der Waals surface area contributed by atoms with Gasteiger partial charge in [-0.2, -0.15) is 0 Å². The Morgan fingerprint density at radius 1 is 1.16 bits per heavy atom. The molecule has 2 amide bonds. The number of carbonyl (C=O) groups excluding carboxylic acids is 2. The predicted octanol–water partition coefficient (Wildman–Crippen LogP) is 2.97. The molecule has 0 aliphatic heterocycles. The number of hydrazine groups is 1. The summed E-state index contributed by atoms with van der Waals surface area (Å²) in [6.07, 6.45) is 5.02. The van der Waals surface area contributed by atoms with Crippen LogP contribution in [0.2, 0.25) is 10.0 Å². The van der Waals surface area contributed by atoms with Crippen LogP contribution in [0.5, 0.6) is 5.75 Å². The number of halogens is 2. The second-order valence-corrected chi connectivity index (χ2v) is 6.94. The molecule has 9 heteroatoms. The Hall–Kier alpha value is -1.57. The molecule has 0 spiro atoms. The van der Waals surface area contributed by atoms with Crippen LogP contribution in [-0.2, 0) is 9.59 Å². The average molecular weight is 404 g/mol. The predicted molar refractivity (Wildman–Crippen MR) is 101 cm³/mol. The molecule has 1 aliphatic rings. The molecule has 0 heterocycles. The number of hydrogen-bond acceptors (Lipinski definition) is 4. The van der Waals surface area contributed by atoms with Crippen molar-refractivity contribution in [2.24, 2.45) is 5.92 Å². The van der Waals surface area contributed by atoms with Crippen molar-refractivity contribution in [3.8, 4) is 5.75 Å². The third kappa shape index (κ3) is 6.68. The highest BCUT2D eigenvalue weighted by Crippen LogP contribution is 2.27. The Balaban J connectivity index is 1.68. The lowest BCUT2D eigenvalue weighted by molar-refractivity contribution is -0.125. The van der Waals surface area contributed by atoms with E-state index in [9.17, 15) is 9.59 Å². The van der Waals surface area contributed by atoms with E-state index in [1.54, 1.807) is 12.1 Å². The summed E-state index contributed by atoms with van der Waals surface area (Å²) in [5.74, 6) is -0.259. The molecule has 0 atom stereocenters. The van der Waals surface area contributed by atoms with E-state index in [0.29, 0.717) is 15.8 Å². The van der Waals surface area contributed by atoms with Crippen molar-refractivity contribution in [1.29, 1.82) is 0 Å². The standard InChI is InChI=1S/C16H19Cl2N3O3S/c17-11-6-7-13(12(18)8-11)24-9-14(22)20-21-16(25)19-15(23)10-4-2-1-3-5-10/h6-8,10H,1-5,9H2,(H,20,22)(H2,19,21,23,25). The first kappa shape index (κ1) is 19.8. The van der Waals surface area contributed by atoms with Gasteiger partial charge in [-0.25, -0.2) is 0 Å². The molecule has 1 fully saturated rings. The number of amides is 2. The van der Waals surface area contributed by atoms with Gasteiger partial charge in [0.05, 0.1) is 5.02 Å². The number of thiocarbonyl (C=S) groups is 1. The average Bonchev–Trinajstić information content (AvgIpc) is 2.60. The van der Waals surface area contributed by atoms with Crippen molar-refractivity contribution in [3.05, 3.63) is 28.2 Å². The molecule has 2 rings (SSSR count). The maximum absolute atomic E-state index is 12.0. The molecule has 3 N–H and O–H groups in total. The minimum absolute atomic E-state index is 0.0143.